The number of nitrogens with one attached hydrogen (secondary N) is 1. The molecule has 2 saturated carbocycles. The molecule has 0 radical (unpaired) electrons. The summed E-state index contributed by atoms with van der Waals surface area (Å²) in [7, 11) is 0. The molecule has 1 N–H and O–H groups in total. The van der Waals surface area contributed by atoms with Crippen LogP contribution in [0.4, 0.5) is 4.39 Å². The number of aromatic nitrogens is 2. The van der Waals surface area contributed by atoms with Crippen molar-refractivity contribution in [2.45, 2.75) is 43.4 Å². The zero-order chi connectivity index (χ0) is 24.3. The van der Waals surface area contributed by atoms with Crippen LogP contribution in [0.1, 0.15) is 41.4 Å². The first-order valence-corrected chi connectivity index (χ1v) is 11.8. The number of amides is 1. The van der Waals surface area contributed by atoms with E-state index in [0.717, 1.165) is 6.42 Å². The second-order valence-electron chi connectivity index (χ2n) is 9.03. The van der Waals surface area contributed by atoms with E-state index in [1.807, 2.05) is 0 Å². The second kappa shape index (κ2) is 8.20. The highest BCUT2D eigenvalue weighted by Crippen LogP contribution is 2.67. The molecule has 8 nitrogen and oxygen atoms in total. The molecule has 0 bridgehead atoms. The molecule has 0 spiro atoms. The van der Waals surface area contributed by atoms with Gasteiger partial charge in [0.05, 0.1) is 22.4 Å². The lowest BCUT2D eigenvalue weighted by Gasteiger charge is -2.34. The second-order valence-corrected chi connectivity index (χ2v) is 9.87. The molecule has 1 aliphatic heterocycles. The fourth-order valence-corrected chi connectivity index (χ4v) is 5.19. The Labute approximate surface area is 208 Å². The van der Waals surface area contributed by atoms with E-state index >= 15 is 0 Å². The third-order valence-corrected chi connectivity index (χ3v) is 7.39. The lowest BCUT2D eigenvalue weighted by atomic mass is 9.79. The van der Waals surface area contributed by atoms with Crippen LogP contribution in [0.2, 0.25) is 10.0 Å². The maximum Gasteiger partial charge on any atom is 0.261 e. The number of fused-ring (bicyclic) bond motifs is 2. The molecule has 1 amide bonds. The van der Waals surface area contributed by atoms with Gasteiger partial charge in [-0.15, -0.1) is 10.2 Å². The van der Waals surface area contributed by atoms with Crippen LogP contribution >= 0.6 is 23.2 Å². The van der Waals surface area contributed by atoms with E-state index in [-0.39, 0.29) is 53.0 Å². The minimum atomic E-state index is -0.880. The van der Waals surface area contributed by atoms with E-state index in [0.29, 0.717) is 34.4 Å². The summed E-state index contributed by atoms with van der Waals surface area (Å²) in [4.78, 5) is 25.2. The van der Waals surface area contributed by atoms with E-state index in [4.69, 9.17) is 37.1 Å². The number of rotatable bonds is 6. The van der Waals surface area contributed by atoms with Crippen molar-refractivity contribution < 1.29 is 27.9 Å². The number of carbonyl (C=O) groups excluding carboxylic acids is 2. The number of halogens is 3. The molecule has 4 atom stereocenters. The predicted molar refractivity (Wildman–Crippen MR) is 121 cm³/mol. The minimum Gasteiger partial charge on any atom is -0.484 e. The van der Waals surface area contributed by atoms with Crippen LogP contribution < -0.4 is 14.8 Å². The maximum atomic E-state index is 13.5. The first-order chi connectivity index (χ1) is 16.8. The van der Waals surface area contributed by atoms with Gasteiger partial charge in [0, 0.05) is 17.1 Å². The van der Waals surface area contributed by atoms with Gasteiger partial charge in [-0.3, -0.25) is 9.59 Å². The summed E-state index contributed by atoms with van der Waals surface area (Å²) in [6.07, 6.45) is 0.553. The Hall–Kier alpha value is -3.17. The average Bonchev–Trinajstić information content (AvgIpc) is 3.18. The van der Waals surface area contributed by atoms with Crippen LogP contribution in [0.25, 0.3) is 0 Å². The van der Waals surface area contributed by atoms with Crippen molar-refractivity contribution in [3.63, 3.8) is 0 Å². The molecule has 3 aliphatic rings. The highest BCUT2D eigenvalue weighted by Gasteiger charge is 2.71. The van der Waals surface area contributed by atoms with Gasteiger partial charge in [-0.2, -0.15) is 0 Å². The predicted octanol–water partition coefficient (Wildman–Crippen LogP) is 4.27. The van der Waals surface area contributed by atoms with E-state index in [2.05, 4.69) is 15.5 Å². The van der Waals surface area contributed by atoms with Gasteiger partial charge in [-0.25, -0.2) is 4.39 Å². The SMILES string of the molecule is O=C1C[C@@H](C(=O)NC2CC3(c4nnc(COc5ccc(Cl)c(F)c5)o4)CC23)Oc2ccc(Cl)cc21. The number of nitrogens with zero attached hydrogens (tertiary/aromatic N) is 2. The normalized spacial score (nSPS) is 26.1. The van der Waals surface area contributed by atoms with E-state index in [9.17, 15) is 14.0 Å². The van der Waals surface area contributed by atoms with Crippen molar-refractivity contribution in [3.8, 4) is 11.5 Å². The standard InChI is InChI=1S/C24H18Cl2FN3O5/c25-11-1-4-19-13(5-11)18(31)7-20(34-19)22(32)28-17-9-24(8-14(17)24)23-30-29-21(35-23)10-33-12-2-3-15(26)16(27)6-12/h1-6,14,17,20H,7-10H2,(H,28,32)/t14?,17?,20-,24?/m0/s1. The number of carbonyl (C=O) groups is 2. The van der Waals surface area contributed by atoms with Gasteiger partial charge >= 0.3 is 0 Å². The highest BCUT2D eigenvalue weighted by atomic mass is 35.5. The van der Waals surface area contributed by atoms with Crippen LogP contribution in [0, 0.1) is 11.7 Å². The van der Waals surface area contributed by atoms with Crippen LogP contribution in [0.15, 0.2) is 40.8 Å². The number of Topliss-reactive ketones (excluding diaryl/α,β-unsaturated/α-hetero) is 1. The Morgan fingerprint density at radius 2 is 2.06 bits per heavy atom. The van der Waals surface area contributed by atoms with Crippen molar-refractivity contribution in [1.29, 1.82) is 0 Å². The van der Waals surface area contributed by atoms with Crippen LogP contribution in [-0.2, 0) is 16.8 Å². The van der Waals surface area contributed by atoms with E-state index < -0.39 is 11.9 Å². The fraction of sp³-hybridized carbons (Fsp3) is 0.333. The average molecular weight is 518 g/mol. The van der Waals surface area contributed by atoms with Gasteiger partial charge in [-0.1, -0.05) is 23.2 Å². The van der Waals surface area contributed by atoms with Crippen molar-refractivity contribution in [3.05, 3.63) is 69.6 Å². The number of benzene rings is 2. The molecule has 3 unspecified atom stereocenters. The third kappa shape index (κ3) is 3.92. The lowest BCUT2D eigenvalue weighted by molar-refractivity contribution is -0.129. The summed E-state index contributed by atoms with van der Waals surface area (Å²) in [5.41, 5.74) is 0.145. The molecule has 2 aromatic carbocycles. The molecule has 2 heterocycles. The van der Waals surface area contributed by atoms with Gasteiger partial charge in [0.25, 0.3) is 11.8 Å². The molecule has 1 aromatic heterocycles. The summed E-state index contributed by atoms with van der Waals surface area (Å²) in [5, 5.41) is 11.6. The molecular weight excluding hydrogens is 500 g/mol. The highest BCUT2D eigenvalue weighted by molar-refractivity contribution is 6.31. The largest absolute Gasteiger partial charge is 0.484 e. The molecule has 11 heteroatoms. The summed E-state index contributed by atoms with van der Waals surface area (Å²) >= 11 is 11.6. The first-order valence-electron chi connectivity index (χ1n) is 11.0. The Balaban J connectivity index is 1.04. The van der Waals surface area contributed by atoms with Crippen molar-refractivity contribution in [1.82, 2.24) is 15.5 Å². The van der Waals surface area contributed by atoms with Crippen molar-refractivity contribution in [2.24, 2.45) is 5.92 Å². The molecule has 0 saturated heterocycles. The minimum absolute atomic E-state index is 0.00524. The van der Waals surface area contributed by atoms with Crippen LogP contribution in [0.5, 0.6) is 11.5 Å². The summed E-state index contributed by atoms with van der Waals surface area (Å²) in [6.45, 7) is -0.00524. The van der Waals surface area contributed by atoms with Crippen LogP contribution in [-0.4, -0.2) is 34.0 Å². The van der Waals surface area contributed by atoms with Gasteiger partial charge in [-0.05, 0) is 49.1 Å². The van der Waals surface area contributed by atoms with Crippen molar-refractivity contribution in [2.75, 3.05) is 0 Å². The monoisotopic (exact) mass is 517 g/mol. The Morgan fingerprint density at radius 1 is 1.20 bits per heavy atom. The number of ether oxygens (including phenoxy) is 2. The zero-order valence-corrected chi connectivity index (χ0v) is 19.6. The number of ketones is 1. The molecule has 6 rings (SSSR count). The molecule has 2 aliphatic carbocycles. The number of hydrogen-bond donors (Lipinski definition) is 1. The Bertz CT molecular complexity index is 1360. The topological polar surface area (TPSA) is 104 Å². The fourth-order valence-electron chi connectivity index (χ4n) is 4.90. The molecule has 180 valence electrons. The van der Waals surface area contributed by atoms with Gasteiger partial charge in [0.1, 0.15) is 17.3 Å². The quantitative estimate of drug-likeness (QED) is 0.520. The molecule has 3 aromatic rings. The zero-order valence-electron chi connectivity index (χ0n) is 18.1. The smallest absolute Gasteiger partial charge is 0.261 e. The summed E-state index contributed by atoms with van der Waals surface area (Å²) in [6, 6.07) is 8.86. The van der Waals surface area contributed by atoms with Crippen LogP contribution in [0.3, 0.4) is 0 Å². The maximum absolute atomic E-state index is 13.5. The molecule has 2 fully saturated rings. The molecular formula is C24H18Cl2FN3O5. The lowest BCUT2D eigenvalue weighted by Crippen LogP contribution is -2.52. The number of hydrogen-bond acceptors (Lipinski definition) is 7. The first kappa shape index (κ1) is 22.3. The van der Waals surface area contributed by atoms with Gasteiger partial charge in [0.2, 0.25) is 5.89 Å². The van der Waals surface area contributed by atoms with Gasteiger partial charge < -0.3 is 19.2 Å². The van der Waals surface area contributed by atoms with Crippen molar-refractivity contribution >= 4 is 34.9 Å². The third-order valence-electron chi connectivity index (χ3n) is 6.85. The van der Waals surface area contributed by atoms with Gasteiger partial charge in [0.15, 0.2) is 18.5 Å². The molecule has 35 heavy (non-hydrogen) atoms. The Morgan fingerprint density at radius 3 is 2.86 bits per heavy atom. The Kier molecular flexibility index (Phi) is 5.23. The van der Waals surface area contributed by atoms with E-state index in [1.54, 1.807) is 24.3 Å². The summed E-state index contributed by atoms with van der Waals surface area (Å²) < 4.78 is 30.6. The summed E-state index contributed by atoms with van der Waals surface area (Å²) in [5.74, 6) is 0.548. The van der Waals surface area contributed by atoms with E-state index in [1.165, 1.54) is 12.1 Å².